The van der Waals surface area contributed by atoms with Crippen LogP contribution >= 0.6 is 23.2 Å². The number of hydrogen-bond acceptors (Lipinski definition) is 4. The molecule has 0 spiro atoms. The number of nitrogens with one attached hydrogen (secondary N) is 1. The molecule has 0 radical (unpaired) electrons. The fraction of sp³-hybridized carbons (Fsp3) is 0.462. The van der Waals surface area contributed by atoms with Gasteiger partial charge in [0.1, 0.15) is 6.04 Å². The van der Waals surface area contributed by atoms with Crippen LogP contribution in [-0.2, 0) is 9.53 Å². The highest BCUT2D eigenvalue weighted by molar-refractivity contribution is 6.33. The van der Waals surface area contributed by atoms with Gasteiger partial charge in [0.2, 0.25) is 0 Å². The predicted octanol–water partition coefficient (Wildman–Crippen LogP) is 3.89. The SMILES string of the molecule is CCOC(=O)C(NCCCN=[N+]=[N-])c1cc(Cl)ccc1Cl. The van der Waals surface area contributed by atoms with Crippen LogP contribution < -0.4 is 5.32 Å². The molecular formula is C13H16Cl2N4O2. The van der Waals surface area contributed by atoms with Gasteiger partial charge >= 0.3 is 5.97 Å². The van der Waals surface area contributed by atoms with Crippen molar-refractivity contribution in [2.24, 2.45) is 5.11 Å². The van der Waals surface area contributed by atoms with Crippen molar-refractivity contribution in [3.63, 3.8) is 0 Å². The van der Waals surface area contributed by atoms with E-state index < -0.39 is 12.0 Å². The molecule has 0 aliphatic rings. The number of hydrogen-bond donors (Lipinski definition) is 1. The van der Waals surface area contributed by atoms with Crippen molar-refractivity contribution >= 4 is 29.2 Å². The molecule has 0 saturated carbocycles. The Hall–Kier alpha value is -1.46. The molecule has 1 rings (SSSR count). The smallest absolute Gasteiger partial charge is 0.327 e. The normalized spacial score (nSPS) is 11.6. The molecule has 1 atom stereocenters. The zero-order valence-corrected chi connectivity index (χ0v) is 13.1. The highest BCUT2D eigenvalue weighted by Gasteiger charge is 2.23. The zero-order chi connectivity index (χ0) is 15.7. The summed E-state index contributed by atoms with van der Waals surface area (Å²) < 4.78 is 5.05. The molecule has 0 aliphatic carbocycles. The Bertz CT molecular complexity index is 533. The van der Waals surface area contributed by atoms with Crippen LogP contribution in [0.15, 0.2) is 23.3 Å². The first-order valence-electron chi connectivity index (χ1n) is 6.46. The zero-order valence-electron chi connectivity index (χ0n) is 11.6. The second-order valence-electron chi connectivity index (χ2n) is 4.11. The molecule has 8 heteroatoms. The van der Waals surface area contributed by atoms with Gasteiger partial charge in [-0.25, -0.2) is 4.79 Å². The maximum absolute atomic E-state index is 12.1. The van der Waals surface area contributed by atoms with Crippen LogP contribution in [-0.4, -0.2) is 25.7 Å². The first kappa shape index (κ1) is 17.6. The van der Waals surface area contributed by atoms with Gasteiger partial charge in [-0.05, 0) is 43.6 Å². The lowest BCUT2D eigenvalue weighted by molar-refractivity contribution is -0.145. The third kappa shape index (κ3) is 5.81. The molecule has 0 heterocycles. The van der Waals surface area contributed by atoms with E-state index in [0.29, 0.717) is 35.1 Å². The first-order chi connectivity index (χ1) is 10.1. The van der Waals surface area contributed by atoms with E-state index in [0.717, 1.165) is 0 Å². The van der Waals surface area contributed by atoms with Crippen LogP contribution in [0.3, 0.4) is 0 Å². The van der Waals surface area contributed by atoms with Crippen molar-refractivity contribution < 1.29 is 9.53 Å². The van der Waals surface area contributed by atoms with Gasteiger partial charge in [-0.3, -0.25) is 0 Å². The van der Waals surface area contributed by atoms with Crippen LogP contribution in [0.5, 0.6) is 0 Å². The second-order valence-corrected chi connectivity index (χ2v) is 4.96. The summed E-state index contributed by atoms with van der Waals surface area (Å²) in [5.41, 5.74) is 8.77. The average molecular weight is 331 g/mol. The van der Waals surface area contributed by atoms with Crippen LogP contribution in [0, 0.1) is 0 Å². The topological polar surface area (TPSA) is 87.1 Å². The summed E-state index contributed by atoms with van der Waals surface area (Å²) in [5.74, 6) is -0.426. The van der Waals surface area contributed by atoms with E-state index in [1.165, 1.54) is 0 Å². The molecule has 114 valence electrons. The van der Waals surface area contributed by atoms with Crippen molar-refractivity contribution in [2.45, 2.75) is 19.4 Å². The number of rotatable bonds is 8. The monoisotopic (exact) mass is 330 g/mol. The minimum atomic E-state index is -0.706. The standard InChI is InChI=1S/C13H16Cl2N4O2/c1-2-21-13(20)12(17-6-3-7-18-19-16)10-8-9(14)4-5-11(10)15/h4-5,8,12,17H,2-3,6-7H2,1H3. The Morgan fingerprint density at radius 3 is 2.95 bits per heavy atom. The average Bonchev–Trinajstić information content (AvgIpc) is 2.46. The summed E-state index contributed by atoms with van der Waals surface area (Å²) >= 11 is 12.1. The molecule has 0 saturated heterocycles. The summed E-state index contributed by atoms with van der Waals surface area (Å²) in [6.07, 6.45) is 0.595. The van der Waals surface area contributed by atoms with Gasteiger partial charge in [0, 0.05) is 27.1 Å². The first-order valence-corrected chi connectivity index (χ1v) is 7.21. The minimum Gasteiger partial charge on any atom is -0.465 e. The quantitative estimate of drug-likeness (QED) is 0.258. The lowest BCUT2D eigenvalue weighted by atomic mass is 10.1. The van der Waals surface area contributed by atoms with Gasteiger partial charge < -0.3 is 10.1 Å². The van der Waals surface area contributed by atoms with E-state index in [1.54, 1.807) is 25.1 Å². The Balaban J connectivity index is 2.83. The van der Waals surface area contributed by atoms with Gasteiger partial charge in [0.05, 0.1) is 6.61 Å². The molecule has 1 aromatic rings. The Labute approximate surface area is 133 Å². The summed E-state index contributed by atoms with van der Waals surface area (Å²) in [6.45, 7) is 2.83. The van der Waals surface area contributed by atoms with Gasteiger partial charge in [-0.1, -0.05) is 28.3 Å². The van der Waals surface area contributed by atoms with E-state index in [-0.39, 0.29) is 6.61 Å². The molecule has 0 aliphatic heterocycles. The fourth-order valence-electron chi connectivity index (χ4n) is 1.72. The number of benzene rings is 1. The van der Waals surface area contributed by atoms with Crippen molar-refractivity contribution in [3.8, 4) is 0 Å². The minimum absolute atomic E-state index is 0.272. The maximum Gasteiger partial charge on any atom is 0.327 e. The van der Waals surface area contributed by atoms with Gasteiger partial charge in [0.15, 0.2) is 0 Å². The molecular weight excluding hydrogens is 315 g/mol. The van der Waals surface area contributed by atoms with E-state index in [1.807, 2.05) is 0 Å². The number of halogens is 2. The summed E-state index contributed by atoms with van der Waals surface area (Å²) in [5, 5.41) is 7.39. The van der Waals surface area contributed by atoms with E-state index in [9.17, 15) is 4.79 Å². The van der Waals surface area contributed by atoms with Crippen LogP contribution in [0.2, 0.25) is 10.0 Å². The summed E-state index contributed by atoms with van der Waals surface area (Å²) in [7, 11) is 0. The second kappa shape index (κ2) is 9.47. The molecule has 0 fully saturated rings. The summed E-state index contributed by atoms with van der Waals surface area (Å²) in [4.78, 5) is 14.7. The third-order valence-electron chi connectivity index (χ3n) is 2.64. The van der Waals surface area contributed by atoms with E-state index >= 15 is 0 Å². The fourth-order valence-corrected chi connectivity index (χ4v) is 2.13. The lowest BCUT2D eigenvalue weighted by Gasteiger charge is -2.19. The van der Waals surface area contributed by atoms with Crippen LogP contribution in [0.1, 0.15) is 24.9 Å². The van der Waals surface area contributed by atoms with Crippen molar-refractivity contribution in [1.82, 2.24) is 5.32 Å². The van der Waals surface area contributed by atoms with E-state index in [4.69, 9.17) is 33.5 Å². The molecule has 6 nitrogen and oxygen atoms in total. The van der Waals surface area contributed by atoms with Crippen molar-refractivity contribution in [3.05, 3.63) is 44.3 Å². The number of ether oxygens (including phenoxy) is 1. The molecule has 1 aromatic carbocycles. The van der Waals surface area contributed by atoms with Crippen molar-refractivity contribution in [1.29, 1.82) is 0 Å². The Morgan fingerprint density at radius 2 is 2.29 bits per heavy atom. The largest absolute Gasteiger partial charge is 0.465 e. The number of esters is 1. The number of nitrogens with zero attached hydrogens (tertiary/aromatic N) is 3. The Kier molecular flexibility index (Phi) is 7.93. The van der Waals surface area contributed by atoms with Gasteiger partial charge in [0.25, 0.3) is 0 Å². The highest BCUT2D eigenvalue weighted by atomic mass is 35.5. The Morgan fingerprint density at radius 1 is 1.52 bits per heavy atom. The van der Waals surface area contributed by atoms with Crippen LogP contribution in [0.4, 0.5) is 0 Å². The lowest BCUT2D eigenvalue weighted by Crippen LogP contribution is -2.31. The molecule has 0 bridgehead atoms. The third-order valence-corrected chi connectivity index (χ3v) is 3.22. The highest BCUT2D eigenvalue weighted by Crippen LogP contribution is 2.27. The molecule has 0 aromatic heterocycles. The summed E-state index contributed by atoms with van der Waals surface area (Å²) in [6, 6.07) is 4.21. The van der Waals surface area contributed by atoms with Gasteiger partial charge in [-0.2, -0.15) is 0 Å². The van der Waals surface area contributed by atoms with E-state index in [2.05, 4.69) is 15.3 Å². The number of azide groups is 1. The maximum atomic E-state index is 12.1. The molecule has 0 amide bonds. The predicted molar refractivity (Wildman–Crippen MR) is 82.5 cm³/mol. The number of carbonyl (C=O) groups is 1. The molecule has 1 unspecified atom stereocenters. The van der Waals surface area contributed by atoms with Crippen LogP contribution in [0.25, 0.3) is 10.4 Å². The molecule has 21 heavy (non-hydrogen) atoms. The number of carbonyl (C=O) groups excluding carboxylic acids is 1. The van der Waals surface area contributed by atoms with Gasteiger partial charge in [-0.15, -0.1) is 0 Å². The van der Waals surface area contributed by atoms with Crippen molar-refractivity contribution in [2.75, 3.05) is 19.7 Å². The molecule has 1 N–H and O–H groups in total.